The highest BCUT2D eigenvalue weighted by Crippen LogP contribution is 2.25. The number of benzene rings is 2. The average Bonchev–Trinajstić information content (AvgIpc) is 2.93. The van der Waals surface area contributed by atoms with Crippen molar-refractivity contribution in [3.8, 4) is 5.75 Å². The minimum Gasteiger partial charge on any atom is -0.488 e. The summed E-state index contributed by atoms with van der Waals surface area (Å²) in [5, 5.41) is 0. The van der Waals surface area contributed by atoms with Gasteiger partial charge in [-0.15, -0.1) is 0 Å². The first-order valence-electron chi connectivity index (χ1n) is 7.06. The number of nitrogen functional groups attached to an aromatic ring is 1. The van der Waals surface area contributed by atoms with Crippen LogP contribution in [0, 0.1) is 0 Å². The summed E-state index contributed by atoms with van der Waals surface area (Å²) in [6, 6.07) is 11.3. The lowest BCUT2D eigenvalue weighted by Crippen LogP contribution is -2.13. The second-order valence-corrected chi connectivity index (χ2v) is 5.37. The Bertz CT molecular complexity index is 695. The topological polar surface area (TPSA) is 78.3 Å². The number of carbonyl (C=O) groups is 1. The van der Waals surface area contributed by atoms with Crippen LogP contribution in [0.3, 0.4) is 0 Å². The first kappa shape index (κ1) is 13.5. The second kappa shape index (κ2) is 5.48. The fraction of sp³-hybridized carbons (Fsp3) is 0.235. The van der Waals surface area contributed by atoms with Gasteiger partial charge in [0, 0.05) is 5.69 Å². The molecule has 0 unspecified atom stereocenters. The van der Waals surface area contributed by atoms with E-state index < -0.39 is 5.91 Å². The van der Waals surface area contributed by atoms with Crippen molar-refractivity contribution in [1.82, 2.24) is 0 Å². The molecule has 0 heterocycles. The van der Waals surface area contributed by atoms with Crippen molar-refractivity contribution < 1.29 is 9.53 Å². The minimum absolute atomic E-state index is 0.316. The number of rotatable bonds is 4. The lowest BCUT2D eigenvalue weighted by molar-refractivity contribution is 0.0996. The highest BCUT2D eigenvalue weighted by atomic mass is 16.5. The van der Waals surface area contributed by atoms with Crippen LogP contribution < -0.4 is 16.2 Å². The summed E-state index contributed by atoms with van der Waals surface area (Å²) in [5.41, 5.74) is 15.8. The summed E-state index contributed by atoms with van der Waals surface area (Å²) in [6.07, 6.45) is 3.53. The zero-order chi connectivity index (χ0) is 14.8. The molecule has 4 nitrogen and oxygen atoms in total. The van der Waals surface area contributed by atoms with Gasteiger partial charge in [-0.25, -0.2) is 0 Å². The van der Waals surface area contributed by atoms with E-state index in [4.69, 9.17) is 16.2 Å². The summed E-state index contributed by atoms with van der Waals surface area (Å²) in [5.74, 6) is -0.0662. The van der Waals surface area contributed by atoms with E-state index in [1.54, 1.807) is 18.2 Å². The van der Waals surface area contributed by atoms with E-state index in [1.165, 1.54) is 24.0 Å². The van der Waals surface area contributed by atoms with Gasteiger partial charge in [-0.05, 0) is 54.2 Å². The molecule has 2 aromatic carbocycles. The van der Waals surface area contributed by atoms with Crippen molar-refractivity contribution in [3.63, 3.8) is 0 Å². The molecule has 0 atom stereocenters. The fourth-order valence-corrected chi connectivity index (χ4v) is 2.74. The summed E-state index contributed by atoms with van der Waals surface area (Å²) in [6.45, 7) is 0.414. The van der Waals surface area contributed by atoms with Crippen LogP contribution in [-0.4, -0.2) is 5.91 Å². The van der Waals surface area contributed by atoms with Gasteiger partial charge in [0.05, 0.1) is 5.56 Å². The fourth-order valence-electron chi connectivity index (χ4n) is 2.74. The number of nitrogens with two attached hydrogens (primary N) is 2. The largest absolute Gasteiger partial charge is 0.488 e. The molecular weight excluding hydrogens is 264 g/mol. The Morgan fingerprint density at radius 2 is 1.90 bits per heavy atom. The molecule has 0 bridgehead atoms. The Morgan fingerprint density at radius 3 is 2.71 bits per heavy atom. The Balaban J connectivity index is 1.77. The standard InChI is InChI=1S/C17H18N2O2/c18-14-6-7-16(15(9-14)17(19)20)21-10-11-4-5-12-2-1-3-13(12)8-11/h4-9H,1-3,10,18H2,(H2,19,20). The van der Waals surface area contributed by atoms with Crippen LogP contribution in [-0.2, 0) is 19.4 Å². The van der Waals surface area contributed by atoms with Gasteiger partial charge in [-0.3, -0.25) is 4.79 Å². The average molecular weight is 282 g/mol. The Morgan fingerprint density at radius 1 is 1.10 bits per heavy atom. The van der Waals surface area contributed by atoms with Crippen LogP contribution in [0.25, 0.3) is 0 Å². The molecule has 0 aliphatic heterocycles. The number of hydrogen-bond donors (Lipinski definition) is 2. The third kappa shape index (κ3) is 2.84. The highest BCUT2D eigenvalue weighted by molar-refractivity contribution is 5.96. The number of ether oxygens (including phenoxy) is 1. The molecule has 0 aromatic heterocycles. The molecule has 2 aromatic rings. The molecule has 21 heavy (non-hydrogen) atoms. The molecule has 0 radical (unpaired) electrons. The highest BCUT2D eigenvalue weighted by Gasteiger charge is 2.13. The summed E-state index contributed by atoms with van der Waals surface area (Å²) in [7, 11) is 0. The number of hydrogen-bond acceptors (Lipinski definition) is 3. The van der Waals surface area contributed by atoms with Gasteiger partial charge in [-0.2, -0.15) is 0 Å². The maximum absolute atomic E-state index is 11.4. The Labute approximate surface area is 123 Å². The maximum atomic E-state index is 11.4. The molecular formula is C17H18N2O2. The minimum atomic E-state index is -0.536. The molecule has 1 amide bonds. The number of carbonyl (C=O) groups excluding carboxylic acids is 1. The molecule has 108 valence electrons. The molecule has 1 aliphatic rings. The normalized spacial score (nSPS) is 13.0. The maximum Gasteiger partial charge on any atom is 0.252 e. The molecule has 0 saturated carbocycles. The lowest BCUT2D eigenvalue weighted by atomic mass is 10.1. The predicted molar refractivity (Wildman–Crippen MR) is 82.2 cm³/mol. The zero-order valence-corrected chi connectivity index (χ0v) is 11.8. The van der Waals surface area contributed by atoms with E-state index in [9.17, 15) is 4.79 Å². The van der Waals surface area contributed by atoms with Gasteiger partial charge >= 0.3 is 0 Å². The predicted octanol–water partition coefficient (Wildman–Crippen LogP) is 2.44. The van der Waals surface area contributed by atoms with E-state index in [1.807, 2.05) is 0 Å². The number of primary amides is 1. The van der Waals surface area contributed by atoms with Crippen LogP contribution in [0.4, 0.5) is 5.69 Å². The number of anilines is 1. The lowest BCUT2D eigenvalue weighted by Gasteiger charge is -2.11. The molecule has 0 fully saturated rings. The van der Waals surface area contributed by atoms with Crippen LogP contribution in [0.5, 0.6) is 5.75 Å². The van der Waals surface area contributed by atoms with Gasteiger partial charge in [-0.1, -0.05) is 18.2 Å². The van der Waals surface area contributed by atoms with Crippen molar-refractivity contribution in [3.05, 3.63) is 58.7 Å². The van der Waals surface area contributed by atoms with Crippen molar-refractivity contribution in [2.45, 2.75) is 25.9 Å². The van der Waals surface area contributed by atoms with Crippen LogP contribution >= 0.6 is 0 Å². The van der Waals surface area contributed by atoms with Crippen LogP contribution in [0.2, 0.25) is 0 Å². The summed E-state index contributed by atoms with van der Waals surface area (Å²) in [4.78, 5) is 11.4. The third-order valence-corrected chi connectivity index (χ3v) is 3.83. The molecule has 3 rings (SSSR count). The second-order valence-electron chi connectivity index (χ2n) is 5.37. The van der Waals surface area contributed by atoms with Crippen molar-refractivity contribution in [2.75, 3.05) is 5.73 Å². The molecule has 0 saturated heterocycles. The number of fused-ring (bicyclic) bond motifs is 1. The monoisotopic (exact) mass is 282 g/mol. The van der Waals surface area contributed by atoms with Crippen LogP contribution in [0.15, 0.2) is 36.4 Å². The zero-order valence-electron chi connectivity index (χ0n) is 11.8. The van der Waals surface area contributed by atoms with Crippen LogP contribution in [0.1, 0.15) is 33.5 Å². The third-order valence-electron chi connectivity index (χ3n) is 3.83. The quantitative estimate of drug-likeness (QED) is 0.845. The van der Waals surface area contributed by atoms with E-state index in [0.29, 0.717) is 23.6 Å². The first-order chi connectivity index (χ1) is 10.1. The SMILES string of the molecule is NC(=O)c1cc(N)ccc1OCc1ccc2c(c1)CCC2. The van der Waals surface area contributed by atoms with Gasteiger partial charge in [0.25, 0.3) is 5.91 Å². The van der Waals surface area contributed by atoms with Gasteiger partial charge in [0.15, 0.2) is 0 Å². The molecule has 4 N–H and O–H groups in total. The van der Waals surface area contributed by atoms with Crippen molar-refractivity contribution >= 4 is 11.6 Å². The number of amides is 1. The van der Waals surface area contributed by atoms with E-state index in [0.717, 1.165) is 12.0 Å². The van der Waals surface area contributed by atoms with Crippen molar-refractivity contribution in [1.29, 1.82) is 0 Å². The summed E-state index contributed by atoms with van der Waals surface area (Å²) >= 11 is 0. The summed E-state index contributed by atoms with van der Waals surface area (Å²) < 4.78 is 5.74. The molecule has 4 heteroatoms. The van der Waals surface area contributed by atoms with Gasteiger partial charge in [0.2, 0.25) is 0 Å². The van der Waals surface area contributed by atoms with E-state index >= 15 is 0 Å². The first-order valence-corrected chi connectivity index (χ1v) is 7.06. The van der Waals surface area contributed by atoms with Crippen molar-refractivity contribution in [2.24, 2.45) is 5.73 Å². The Hall–Kier alpha value is -2.49. The van der Waals surface area contributed by atoms with Gasteiger partial charge < -0.3 is 16.2 Å². The Kier molecular flexibility index (Phi) is 3.52. The van der Waals surface area contributed by atoms with E-state index in [2.05, 4.69) is 18.2 Å². The molecule has 0 spiro atoms. The van der Waals surface area contributed by atoms with Gasteiger partial charge in [0.1, 0.15) is 12.4 Å². The number of aryl methyl sites for hydroxylation is 2. The molecule has 1 aliphatic carbocycles. The smallest absolute Gasteiger partial charge is 0.252 e. The van der Waals surface area contributed by atoms with E-state index in [-0.39, 0.29) is 0 Å².